The molecular formula is C10H11BrClF3N2O3S. The molecule has 0 saturated carbocycles. The molecule has 3 N–H and O–H groups in total. The third-order valence-corrected chi connectivity index (χ3v) is 5.59. The van der Waals surface area contributed by atoms with Crippen LogP contribution in [0.3, 0.4) is 0 Å². The molecule has 0 amide bonds. The van der Waals surface area contributed by atoms with Gasteiger partial charge in [-0.15, -0.1) is 0 Å². The largest absolute Gasteiger partial charge is 0.402 e. The first kappa shape index (κ1) is 18.5. The lowest BCUT2D eigenvalue weighted by atomic mass is 10.3. The highest BCUT2D eigenvalue weighted by molar-refractivity contribution is 9.10. The molecule has 0 atom stereocenters. The molecule has 0 aromatic heterocycles. The third-order valence-electron chi connectivity index (χ3n) is 2.36. The summed E-state index contributed by atoms with van der Waals surface area (Å²) in [5.41, 5.74) is 5.50. The van der Waals surface area contributed by atoms with Crippen LogP contribution in [0.25, 0.3) is 0 Å². The zero-order chi connectivity index (χ0) is 16.4. The Labute approximate surface area is 132 Å². The Balaban J connectivity index is 3.36. The molecule has 0 bridgehead atoms. The number of hydrogen-bond donors (Lipinski definition) is 2. The maximum atomic E-state index is 12.5. The summed E-state index contributed by atoms with van der Waals surface area (Å²) in [7, 11) is -4.53. The molecule has 1 rings (SSSR count). The average Bonchev–Trinajstić information content (AvgIpc) is 2.31. The van der Waals surface area contributed by atoms with Crippen LogP contribution in [-0.2, 0) is 10.0 Å². The van der Waals surface area contributed by atoms with Crippen molar-refractivity contribution in [3.63, 3.8) is 0 Å². The van der Waals surface area contributed by atoms with Crippen LogP contribution in [0.2, 0.25) is 5.02 Å². The molecule has 0 radical (unpaired) electrons. The highest BCUT2D eigenvalue weighted by atomic mass is 79.9. The number of nitrogens with zero attached hydrogens (tertiary/aromatic N) is 1. The van der Waals surface area contributed by atoms with Crippen molar-refractivity contribution in [1.29, 1.82) is 0 Å². The number of aliphatic hydroxyl groups excluding tert-OH is 1. The molecule has 1 aromatic carbocycles. The standard InChI is InChI=1S/C10H11BrClF3N2O3S/c11-9-7(16)3-6(12)4-8(9)21(19,20)17(1-2-18)5-10(13,14)15/h3-4,18H,1-2,5,16H2. The van der Waals surface area contributed by atoms with Crippen LogP contribution in [0, 0.1) is 0 Å². The Kier molecular flexibility index (Phi) is 5.90. The van der Waals surface area contributed by atoms with Crippen molar-refractivity contribution in [3.05, 3.63) is 21.6 Å². The van der Waals surface area contributed by atoms with Gasteiger partial charge >= 0.3 is 6.18 Å². The quantitative estimate of drug-likeness (QED) is 0.728. The second kappa shape index (κ2) is 6.69. The zero-order valence-corrected chi connectivity index (χ0v) is 13.5. The molecule has 0 heterocycles. The van der Waals surface area contributed by atoms with Crippen molar-refractivity contribution in [3.8, 4) is 0 Å². The third kappa shape index (κ3) is 4.71. The van der Waals surface area contributed by atoms with Crippen molar-refractivity contribution < 1.29 is 26.7 Å². The van der Waals surface area contributed by atoms with E-state index in [1.165, 1.54) is 6.07 Å². The number of halogens is 5. The monoisotopic (exact) mass is 410 g/mol. The van der Waals surface area contributed by atoms with E-state index in [1.54, 1.807) is 0 Å². The van der Waals surface area contributed by atoms with Gasteiger partial charge in [-0.25, -0.2) is 8.42 Å². The summed E-state index contributed by atoms with van der Waals surface area (Å²) in [5.74, 6) is 0. The van der Waals surface area contributed by atoms with Gasteiger partial charge in [0.2, 0.25) is 10.0 Å². The van der Waals surface area contributed by atoms with Gasteiger partial charge in [-0.3, -0.25) is 0 Å². The van der Waals surface area contributed by atoms with Crippen LogP contribution >= 0.6 is 27.5 Å². The van der Waals surface area contributed by atoms with Gasteiger partial charge in [0.05, 0.1) is 16.0 Å². The second-order valence-corrected chi connectivity index (χ2v) is 7.12. The molecule has 0 aliphatic heterocycles. The molecule has 1 aromatic rings. The number of aliphatic hydroxyl groups is 1. The van der Waals surface area contributed by atoms with E-state index >= 15 is 0 Å². The van der Waals surface area contributed by atoms with E-state index in [-0.39, 0.29) is 19.5 Å². The van der Waals surface area contributed by atoms with Gasteiger partial charge in [0.25, 0.3) is 0 Å². The molecule has 5 nitrogen and oxygen atoms in total. The minimum atomic E-state index is -4.75. The van der Waals surface area contributed by atoms with Crippen molar-refractivity contribution in [1.82, 2.24) is 4.31 Å². The Morgan fingerprint density at radius 3 is 2.43 bits per heavy atom. The van der Waals surface area contributed by atoms with Gasteiger partial charge in [-0.1, -0.05) is 11.6 Å². The van der Waals surface area contributed by atoms with Crippen LogP contribution < -0.4 is 5.73 Å². The maximum absolute atomic E-state index is 12.5. The Hall–Kier alpha value is -0.550. The summed E-state index contributed by atoms with van der Waals surface area (Å²) in [6, 6.07) is 2.24. The summed E-state index contributed by atoms with van der Waals surface area (Å²) in [5, 5.41) is 8.75. The molecule has 21 heavy (non-hydrogen) atoms. The molecule has 120 valence electrons. The van der Waals surface area contributed by atoms with Gasteiger partial charge in [0.1, 0.15) is 6.54 Å². The first-order valence-electron chi connectivity index (χ1n) is 5.41. The van der Waals surface area contributed by atoms with E-state index in [1.807, 2.05) is 0 Å². The van der Waals surface area contributed by atoms with Gasteiger partial charge in [0, 0.05) is 17.3 Å². The maximum Gasteiger partial charge on any atom is 0.402 e. The normalized spacial score (nSPS) is 12.9. The summed E-state index contributed by atoms with van der Waals surface area (Å²) in [4.78, 5) is -0.495. The first-order chi connectivity index (χ1) is 9.49. The predicted molar refractivity (Wildman–Crippen MR) is 75.5 cm³/mol. The van der Waals surface area contributed by atoms with Crippen LogP contribution in [0.4, 0.5) is 18.9 Å². The lowest BCUT2D eigenvalue weighted by Gasteiger charge is -2.23. The van der Waals surface area contributed by atoms with Gasteiger partial charge in [-0.05, 0) is 28.1 Å². The van der Waals surface area contributed by atoms with Gasteiger partial charge in [0.15, 0.2) is 0 Å². The van der Waals surface area contributed by atoms with E-state index in [4.69, 9.17) is 22.4 Å². The molecule has 0 aliphatic rings. The van der Waals surface area contributed by atoms with Crippen LogP contribution in [0.5, 0.6) is 0 Å². The number of nitrogen functional groups attached to an aromatic ring is 1. The fraction of sp³-hybridized carbons (Fsp3) is 0.400. The first-order valence-corrected chi connectivity index (χ1v) is 8.02. The van der Waals surface area contributed by atoms with E-state index in [9.17, 15) is 21.6 Å². The highest BCUT2D eigenvalue weighted by Crippen LogP contribution is 2.34. The molecule has 0 spiro atoms. The second-order valence-electron chi connectivity index (χ2n) is 3.98. The molecular weight excluding hydrogens is 401 g/mol. The number of anilines is 1. The van der Waals surface area contributed by atoms with Crippen LogP contribution in [0.15, 0.2) is 21.5 Å². The lowest BCUT2D eigenvalue weighted by molar-refractivity contribution is -0.136. The predicted octanol–water partition coefficient (Wildman–Crippen LogP) is 2.23. The fourth-order valence-corrected chi connectivity index (χ4v) is 4.18. The summed E-state index contributed by atoms with van der Waals surface area (Å²) in [6.45, 7) is -3.20. The zero-order valence-electron chi connectivity index (χ0n) is 10.4. The number of nitrogens with two attached hydrogens (primary N) is 1. The van der Waals surface area contributed by atoms with Crippen molar-refractivity contribution >= 4 is 43.2 Å². The fourth-order valence-electron chi connectivity index (χ4n) is 1.51. The number of hydrogen-bond acceptors (Lipinski definition) is 4. The minimum absolute atomic E-state index is 0.0305. The highest BCUT2D eigenvalue weighted by Gasteiger charge is 2.37. The molecule has 0 unspecified atom stereocenters. The number of benzene rings is 1. The Morgan fingerprint density at radius 1 is 1.38 bits per heavy atom. The topological polar surface area (TPSA) is 83.6 Å². The summed E-state index contributed by atoms with van der Waals surface area (Å²) < 4.78 is 62.1. The SMILES string of the molecule is Nc1cc(Cl)cc(S(=O)(=O)N(CCO)CC(F)(F)F)c1Br. The van der Waals surface area contributed by atoms with Gasteiger partial charge < -0.3 is 10.8 Å². The van der Waals surface area contributed by atoms with E-state index in [0.29, 0.717) is 0 Å². The summed E-state index contributed by atoms with van der Waals surface area (Å²) >= 11 is 8.60. The van der Waals surface area contributed by atoms with E-state index in [0.717, 1.165) is 6.07 Å². The van der Waals surface area contributed by atoms with Crippen LogP contribution in [0.1, 0.15) is 0 Å². The van der Waals surface area contributed by atoms with Crippen molar-refractivity contribution in [2.24, 2.45) is 0 Å². The van der Waals surface area contributed by atoms with Crippen LogP contribution in [-0.4, -0.2) is 43.7 Å². The number of alkyl halides is 3. The lowest BCUT2D eigenvalue weighted by Crippen LogP contribution is -2.40. The Bertz CT molecular complexity index is 625. The van der Waals surface area contributed by atoms with Gasteiger partial charge in [-0.2, -0.15) is 17.5 Å². The molecule has 0 aliphatic carbocycles. The molecule has 0 fully saturated rings. The number of rotatable bonds is 5. The smallest absolute Gasteiger partial charge is 0.398 e. The summed E-state index contributed by atoms with van der Waals surface area (Å²) in [6.07, 6.45) is -4.75. The minimum Gasteiger partial charge on any atom is -0.398 e. The average molecular weight is 412 g/mol. The van der Waals surface area contributed by atoms with E-state index < -0.39 is 40.8 Å². The Morgan fingerprint density at radius 2 is 1.95 bits per heavy atom. The molecule has 0 saturated heterocycles. The number of sulfonamides is 1. The van der Waals surface area contributed by atoms with Crippen molar-refractivity contribution in [2.75, 3.05) is 25.4 Å². The van der Waals surface area contributed by atoms with E-state index in [2.05, 4.69) is 15.9 Å². The van der Waals surface area contributed by atoms with Crippen molar-refractivity contribution in [2.45, 2.75) is 11.1 Å². The molecule has 11 heteroatoms.